The van der Waals surface area contributed by atoms with E-state index in [1.165, 1.54) is 11.8 Å². The van der Waals surface area contributed by atoms with Crippen LogP contribution in [0.5, 0.6) is 0 Å². The van der Waals surface area contributed by atoms with E-state index in [0.29, 0.717) is 11.1 Å². The first-order valence-electron chi connectivity index (χ1n) is 6.98. The Labute approximate surface area is 147 Å². The van der Waals surface area contributed by atoms with Crippen LogP contribution in [0.3, 0.4) is 0 Å². The number of nitrogens with zero attached hydrogens (tertiary/aromatic N) is 1. The first-order valence-corrected chi connectivity index (χ1v) is 8.24. The molecule has 0 aliphatic rings. The third-order valence-electron chi connectivity index (χ3n) is 3.20. The number of halogens is 3. The van der Waals surface area contributed by atoms with Crippen molar-refractivity contribution in [2.45, 2.75) is 23.1 Å². The van der Waals surface area contributed by atoms with Gasteiger partial charge in [-0.1, -0.05) is 29.8 Å². The van der Waals surface area contributed by atoms with Crippen molar-refractivity contribution < 1.29 is 13.6 Å². The van der Waals surface area contributed by atoms with Crippen molar-refractivity contribution in [3.8, 4) is 6.07 Å². The Morgan fingerprint density at radius 1 is 1.29 bits per heavy atom. The molecule has 0 saturated heterocycles. The summed E-state index contributed by atoms with van der Waals surface area (Å²) in [7, 11) is 0. The summed E-state index contributed by atoms with van der Waals surface area (Å²) in [6.45, 7) is 1.65. The predicted octanol–water partition coefficient (Wildman–Crippen LogP) is 4.48. The number of nitrogens with one attached hydrogen (secondary N) is 1. The van der Waals surface area contributed by atoms with Crippen molar-refractivity contribution in [2.24, 2.45) is 0 Å². The molecule has 2 rings (SSSR count). The number of amides is 1. The lowest BCUT2D eigenvalue weighted by Crippen LogP contribution is -2.34. The van der Waals surface area contributed by atoms with Gasteiger partial charge in [-0.2, -0.15) is 5.26 Å². The van der Waals surface area contributed by atoms with Gasteiger partial charge in [-0.15, -0.1) is 11.8 Å². The molecule has 2 unspecified atom stereocenters. The Kier molecular flexibility index (Phi) is 6.18. The quantitative estimate of drug-likeness (QED) is 0.794. The van der Waals surface area contributed by atoms with E-state index in [2.05, 4.69) is 5.32 Å². The van der Waals surface area contributed by atoms with Crippen molar-refractivity contribution in [1.29, 1.82) is 5.26 Å². The Morgan fingerprint density at radius 2 is 2.00 bits per heavy atom. The van der Waals surface area contributed by atoms with Gasteiger partial charge in [-0.25, -0.2) is 8.78 Å². The van der Waals surface area contributed by atoms with E-state index in [-0.39, 0.29) is 5.56 Å². The molecule has 0 aliphatic heterocycles. The van der Waals surface area contributed by atoms with E-state index >= 15 is 0 Å². The molecule has 2 atom stereocenters. The molecule has 0 spiro atoms. The van der Waals surface area contributed by atoms with Gasteiger partial charge in [0, 0.05) is 16.5 Å². The first kappa shape index (κ1) is 18.2. The standard InChI is InChI=1S/C17H13ClF2N2OS/c1-10(24-16-5-3-2-4-13(16)18)17(23)22-15(9-21)12-7-6-11(19)8-14(12)20/h2-8,10,15H,1H3,(H,22,23). The highest BCUT2D eigenvalue weighted by Gasteiger charge is 2.22. The van der Waals surface area contributed by atoms with Crippen molar-refractivity contribution in [2.75, 3.05) is 0 Å². The first-order chi connectivity index (χ1) is 11.4. The summed E-state index contributed by atoms with van der Waals surface area (Å²) in [5, 5.41) is 11.6. The summed E-state index contributed by atoms with van der Waals surface area (Å²) in [4.78, 5) is 13.0. The highest BCUT2D eigenvalue weighted by molar-refractivity contribution is 8.00. The number of benzene rings is 2. The molecule has 1 amide bonds. The highest BCUT2D eigenvalue weighted by Crippen LogP contribution is 2.30. The lowest BCUT2D eigenvalue weighted by atomic mass is 10.1. The molecule has 0 saturated carbocycles. The Bertz CT molecular complexity index is 794. The summed E-state index contributed by atoms with van der Waals surface area (Å²) in [6, 6.07) is 10.5. The zero-order chi connectivity index (χ0) is 17.7. The fourth-order valence-corrected chi connectivity index (χ4v) is 3.12. The van der Waals surface area contributed by atoms with Gasteiger partial charge in [0.1, 0.15) is 17.7 Å². The molecule has 1 N–H and O–H groups in total. The smallest absolute Gasteiger partial charge is 0.234 e. The van der Waals surface area contributed by atoms with Crippen LogP contribution in [0.25, 0.3) is 0 Å². The van der Waals surface area contributed by atoms with Crippen LogP contribution in [0.2, 0.25) is 5.02 Å². The van der Waals surface area contributed by atoms with Crippen LogP contribution in [0.15, 0.2) is 47.4 Å². The van der Waals surface area contributed by atoms with Gasteiger partial charge >= 0.3 is 0 Å². The molecule has 0 radical (unpaired) electrons. The number of thioether (sulfide) groups is 1. The second kappa shape index (κ2) is 8.13. The zero-order valence-electron chi connectivity index (χ0n) is 12.6. The average molecular weight is 367 g/mol. The molecule has 0 heterocycles. The lowest BCUT2D eigenvalue weighted by molar-refractivity contribution is -0.120. The monoisotopic (exact) mass is 366 g/mol. The minimum absolute atomic E-state index is 0.0813. The second-order valence-electron chi connectivity index (χ2n) is 4.93. The van der Waals surface area contributed by atoms with Crippen LogP contribution < -0.4 is 5.32 Å². The van der Waals surface area contributed by atoms with Gasteiger partial charge in [0.15, 0.2) is 0 Å². The molecule has 0 aliphatic carbocycles. The average Bonchev–Trinajstić information content (AvgIpc) is 2.55. The molecule has 7 heteroatoms. The topological polar surface area (TPSA) is 52.9 Å². The van der Waals surface area contributed by atoms with E-state index in [1.54, 1.807) is 31.2 Å². The molecule has 0 bridgehead atoms. The summed E-state index contributed by atoms with van der Waals surface area (Å²) >= 11 is 7.27. The third kappa shape index (κ3) is 4.47. The molecule has 3 nitrogen and oxygen atoms in total. The molecular weight excluding hydrogens is 354 g/mol. The van der Waals surface area contributed by atoms with Crippen molar-refractivity contribution in [1.82, 2.24) is 5.32 Å². The van der Waals surface area contributed by atoms with Crippen molar-refractivity contribution in [3.63, 3.8) is 0 Å². The Balaban J connectivity index is 2.09. The van der Waals surface area contributed by atoms with Gasteiger partial charge in [0.05, 0.1) is 16.3 Å². The third-order valence-corrected chi connectivity index (χ3v) is 4.82. The van der Waals surface area contributed by atoms with Crippen LogP contribution in [-0.2, 0) is 4.79 Å². The number of carbonyl (C=O) groups is 1. The van der Waals surface area contributed by atoms with Crippen LogP contribution >= 0.6 is 23.4 Å². The molecule has 24 heavy (non-hydrogen) atoms. The predicted molar refractivity (Wildman–Crippen MR) is 89.6 cm³/mol. The normalized spacial score (nSPS) is 13.0. The van der Waals surface area contributed by atoms with Gasteiger partial charge < -0.3 is 5.32 Å². The minimum atomic E-state index is -1.20. The number of hydrogen-bond acceptors (Lipinski definition) is 3. The van der Waals surface area contributed by atoms with Gasteiger partial charge in [-0.3, -0.25) is 4.79 Å². The van der Waals surface area contributed by atoms with Gasteiger partial charge in [0.25, 0.3) is 0 Å². The fraction of sp³-hybridized carbons (Fsp3) is 0.176. The van der Waals surface area contributed by atoms with E-state index in [9.17, 15) is 18.8 Å². The van der Waals surface area contributed by atoms with Crippen molar-refractivity contribution in [3.05, 3.63) is 64.7 Å². The zero-order valence-corrected chi connectivity index (χ0v) is 14.2. The van der Waals surface area contributed by atoms with E-state index < -0.39 is 28.8 Å². The summed E-state index contributed by atoms with van der Waals surface area (Å²) in [5.74, 6) is -2.08. The molecule has 0 aromatic heterocycles. The molecule has 124 valence electrons. The maximum atomic E-state index is 13.8. The summed E-state index contributed by atoms with van der Waals surface area (Å²) in [5.41, 5.74) is -0.0813. The van der Waals surface area contributed by atoms with E-state index in [1.807, 2.05) is 6.07 Å². The Morgan fingerprint density at radius 3 is 2.62 bits per heavy atom. The number of rotatable bonds is 5. The maximum Gasteiger partial charge on any atom is 0.234 e. The molecule has 2 aromatic carbocycles. The molecule has 0 fully saturated rings. The molecule has 2 aromatic rings. The largest absolute Gasteiger partial charge is 0.336 e. The number of nitriles is 1. The van der Waals surface area contributed by atoms with Gasteiger partial charge in [-0.05, 0) is 25.1 Å². The number of hydrogen-bond donors (Lipinski definition) is 1. The highest BCUT2D eigenvalue weighted by atomic mass is 35.5. The summed E-state index contributed by atoms with van der Waals surface area (Å²) in [6.07, 6.45) is 0. The SMILES string of the molecule is CC(Sc1ccccc1Cl)C(=O)NC(C#N)c1ccc(F)cc1F. The summed E-state index contributed by atoms with van der Waals surface area (Å²) < 4.78 is 26.7. The minimum Gasteiger partial charge on any atom is -0.336 e. The van der Waals surface area contributed by atoms with Gasteiger partial charge in [0.2, 0.25) is 5.91 Å². The Hall–Kier alpha value is -2.10. The number of carbonyl (C=O) groups excluding carboxylic acids is 1. The van der Waals surface area contributed by atoms with Crippen molar-refractivity contribution >= 4 is 29.3 Å². The molecular formula is C17H13ClF2N2OS. The van der Waals surface area contributed by atoms with E-state index in [0.717, 1.165) is 17.0 Å². The second-order valence-corrected chi connectivity index (χ2v) is 6.72. The van der Waals surface area contributed by atoms with E-state index in [4.69, 9.17) is 11.6 Å². The van der Waals surface area contributed by atoms with Crippen LogP contribution in [-0.4, -0.2) is 11.2 Å². The lowest BCUT2D eigenvalue weighted by Gasteiger charge is -2.17. The van der Waals surface area contributed by atoms with Crippen LogP contribution in [0, 0.1) is 23.0 Å². The fourth-order valence-electron chi connectivity index (χ4n) is 1.96. The van der Waals surface area contributed by atoms with Crippen LogP contribution in [0.4, 0.5) is 8.78 Å². The maximum absolute atomic E-state index is 13.8. The van der Waals surface area contributed by atoms with Crippen LogP contribution in [0.1, 0.15) is 18.5 Å².